The van der Waals surface area contributed by atoms with Gasteiger partial charge in [-0.1, -0.05) is 0 Å². The molecule has 1 saturated heterocycles. The lowest BCUT2D eigenvalue weighted by molar-refractivity contribution is -0.141. The minimum Gasteiger partial charge on any atom is -0.480 e. The summed E-state index contributed by atoms with van der Waals surface area (Å²) in [5, 5.41) is 12.0. The Labute approximate surface area is 143 Å². The monoisotopic (exact) mass is 436 g/mol. The molecule has 1 atom stereocenters. The number of nitrogens with one attached hydrogen (secondary N) is 1. The lowest BCUT2D eigenvalue weighted by Gasteiger charge is -2.32. The van der Waals surface area contributed by atoms with E-state index in [0.717, 1.165) is 20.3 Å². The molecule has 0 saturated carbocycles. The summed E-state index contributed by atoms with van der Waals surface area (Å²) in [4.78, 5) is 25.0. The van der Waals surface area contributed by atoms with Gasteiger partial charge in [0.15, 0.2) is 0 Å². The Kier molecular flexibility index (Phi) is 5.56. The third kappa shape index (κ3) is 3.92. The number of halogens is 2. The van der Waals surface area contributed by atoms with E-state index in [1.807, 2.05) is 19.1 Å². The molecule has 1 aromatic carbocycles. The number of aliphatic carboxylic acids is 1. The Hall–Kier alpha value is -0.730. The summed E-state index contributed by atoms with van der Waals surface area (Å²) < 4.78 is 1.50. The first kappa shape index (κ1) is 16.6. The molecule has 0 radical (unpaired) electrons. The van der Waals surface area contributed by atoms with Crippen molar-refractivity contribution in [2.45, 2.75) is 13.0 Å². The van der Waals surface area contributed by atoms with Crippen LogP contribution in [0, 0.1) is 6.92 Å². The molecule has 1 aliphatic rings. The van der Waals surface area contributed by atoms with Crippen LogP contribution in [0.15, 0.2) is 21.1 Å². The zero-order valence-electron chi connectivity index (χ0n) is 11.2. The molecule has 2 rings (SSSR count). The van der Waals surface area contributed by atoms with Gasteiger partial charge in [0.05, 0.1) is 5.69 Å². The zero-order valence-corrected chi connectivity index (χ0v) is 15.2. The average molecular weight is 438 g/mol. The molecule has 0 aliphatic carbocycles. The number of carboxylic acids is 1. The summed E-state index contributed by atoms with van der Waals surface area (Å²) in [7, 11) is 0. The van der Waals surface area contributed by atoms with E-state index in [9.17, 15) is 14.7 Å². The highest BCUT2D eigenvalue weighted by atomic mass is 79.9. The van der Waals surface area contributed by atoms with Gasteiger partial charge in [-0.25, -0.2) is 9.59 Å². The van der Waals surface area contributed by atoms with Crippen LogP contribution in [0.1, 0.15) is 5.56 Å². The standard InChI is InChI=1S/C13H14Br2N2O3S/c1-7-4-8(14)11(9(15)5-7)16-13(20)17-2-3-21-6-10(17)12(18)19/h4-5,10H,2-3,6H2,1H3,(H,16,20)(H,18,19). The number of thioether (sulfide) groups is 1. The molecule has 114 valence electrons. The van der Waals surface area contributed by atoms with E-state index in [0.29, 0.717) is 18.0 Å². The number of amides is 2. The second kappa shape index (κ2) is 7.02. The molecule has 2 amide bonds. The van der Waals surface area contributed by atoms with E-state index in [1.165, 1.54) is 4.90 Å². The number of carbonyl (C=O) groups excluding carboxylic acids is 1. The minimum absolute atomic E-state index is 0.395. The third-order valence-corrected chi connectivity index (χ3v) is 5.37. The molecule has 0 spiro atoms. The van der Waals surface area contributed by atoms with Crippen LogP contribution in [0.3, 0.4) is 0 Å². The number of hydrogen-bond acceptors (Lipinski definition) is 3. The summed E-state index contributed by atoms with van der Waals surface area (Å²) >= 11 is 8.37. The van der Waals surface area contributed by atoms with Gasteiger partial charge in [-0.2, -0.15) is 11.8 Å². The van der Waals surface area contributed by atoms with E-state index in [-0.39, 0.29) is 0 Å². The Morgan fingerprint density at radius 3 is 2.57 bits per heavy atom. The normalized spacial score (nSPS) is 18.4. The maximum Gasteiger partial charge on any atom is 0.327 e. The fourth-order valence-electron chi connectivity index (χ4n) is 2.05. The van der Waals surface area contributed by atoms with Crippen molar-refractivity contribution in [1.29, 1.82) is 0 Å². The highest BCUT2D eigenvalue weighted by Crippen LogP contribution is 2.32. The van der Waals surface area contributed by atoms with Crippen LogP contribution in [-0.2, 0) is 4.79 Å². The van der Waals surface area contributed by atoms with E-state index in [4.69, 9.17) is 0 Å². The van der Waals surface area contributed by atoms with Gasteiger partial charge in [-0.15, -0.1) is 0 Å². The Balaban J connectivity index is 2.19. The summed E-state index contributed by atoms with van der Waals surface area (Å²) in [6, 6.07) is 2.60. The van der Waals surface area contributed by atoms with E-state index < -0.39 is 18.0 Å². The molecule has 5 nitrogen and oxygen atoms in total. The second-order valence-electron chi connectivity index (χ2n) is 4.66. The predicted octanol–water partition coefficient (Wildman–Crippen LogP) is 3.55. The van der Waals surface area contributed by atoms with E-state index in [1.54, 1.807) is 11.8 Å². The molecule has 8 heteroatoms. The van der Waals surface area contributed by atoms with Gasteiger partial charge in [-0.05, 0) is 56.5 Å². The van der Waals surface area contributed by atoms with Crippen LogP contribution in [-0.4, -0.2) is 46.1 Å². The summed E-state index contributed by atoms with van der Waals surface area (Å²) in [6.07, 6.45) is 0. The van der Waals surface area contributed by atoms with Crippen molar-refractivity contribution in [1.82, 2.24) is 4.90 Å². The van der Waals surface area contributed by atoms with Crippen molar-refractivity contribution in [3.05, 3.63) is 26.6 Å². The molecule has 1 heterocycles. The molecule has 21 heavy (non-hydrogen) atoms. The number of carbonyl (C=O) groups is 2. The lowest BCUT2D eigenvalue weighted by Crippen LogP contribution is -2.51. The van der Waals surface area contributed by atoms with Gasteiger partial charge < -0.3 is 15.3 Å². The average Bonchev–Trinajstić information content (AvgIpc) is 2.42. The maximum absolute atomic E-state index is 12.4. The lowest BCUT2D eigenvalue weighted by atomic mass is 10.2. The van der Waals surface area contributed by atoms with Crippen molar-refractivity contribution < 1.29 is 14.7 Å². The first-order valence-corrected chi connectivity index (χ1v) is 8.98. The quantitative estimate of drug-likeness (QED) is 0.742. The van der Waals surface area contributed by atoms with Crippen LogP contribution in [0.4, 0.5) is 10.5 Å². The first-order valence-electron chi connectivity index (χ1n) is 6.24. The second-order valence-corrected chi connectivity index (χ2v) is 7.51. The number of aryl methyl sites for hydroxylation is 1. The fourth-order valence-corrected chi connectivity index (χ4v) is 4.70. The molecule has 1 aliphatic heterocycles. The van der Waals surface area contributed by atoms with E-state index in [2.05, 4.69) is 37.2 Å². The molecular formula is C13H14Br2N2O3S. The maximum atomic E-state index is 12.4. The molecule has 0 bridgehead atoms. The van der Waals surface area contributed by atoms with Crippen molar-refractivity contribution in [2.75, 3.05) is 23.4 Å². The zero-order chi connectivity index (χ0) is 15.6. The third-order valence-electron chi connectivity index (χ3n) is 3.09. The van der Waals surface area contributed by atoms with Crippen molar-refractivity contribution in [3.63, 3.8) is 0 Å². The van der Waals surface area contributed by atoms with Gasteiger partial charge in [0.25, 0.3) is 0 Å². The number of hydrogen-bond donors (Lipinski definition) is 2. The number of anilines is 1. The van der Waals surface area contributed by atoms with Gasteiger partial charge in [0.1, 0.15) is 6.04 Å². The van der Waals surface area contributed by atoms with Crippen LogP contribution in [0.5, 0.6) is 0 Å². The Morgan fingerprint density at radius 1 is 1.38 bits per heavy atom. The largest absolute Gasteiger partial charge is 0.480 e. The first-order chi connectivity index (χ1) is 9.90. The highest BCUT2D eigenvalue weighted by molar-refractivity contribution is 9.11. The topological polar surface area (TPSA) is 69.6 Å². The number of benzene rings is 1. The van der Waals surface area contributed by atoms with Crippen LogP contribution in [0.2, 0.25) is 0 Å². The summed E-state index contributed by atoms with van der Waals surface area (Å²) in [5.74, 6) is 0.186. The van der Waals surface area contributed by atoms with Crippen LogP contribution in [0.25, 0.3) is 0 Å². The van der Waals surface area contributed by atoms with Gasteiger partial charge in [0.2, 0.25) is 0 Å². The molecule has 1 aromatic rings. The van der Waals surface area contributed by atoms with Crippen LogP contribution < -0.4 is 5.32 Å². The molecule has 1 fully saturated rings. The minimum atomic E-state index is -0.973. The summed E-state index contributed by atoms with van der Waals surface area (Å²) in [6.45, 7) is 2.37. The molecule has 0 aromatic heterocycles. The van der Waals surface area contributed by atoms with Gasteiger partial charge >= 0.3 is 12.0 Å². The highest BCUT2D eigenvalue weighted by Gasteiger charge is 2.32. The summed E-state index contributed by atoms with van der Waals surface area (Å²) in [5.41, 5.74) is 1.65. The molecular weight excluding hydrogens is 424 g/mol. The van der Waals surface area contributed by atoms with Crippen molar-refractivity contribution >= 4 is 61.3 Å². The number of rotatable bonds is 2. The Morgan fingerprint density at radius 2 is 2.00 bits per heavy atom. The SMILES string of the molecule is Cc1cc(Br)c(NC(=O)N2CCSCC2C(=O)O)c(Br)c1. The number of nitrogens with zero attached hydrogens (tertiary/aromatic N) is 1. The fraction of sp³-hybridized carbons (Fsp3) is 0.385. The smallest absolute Gasteiger partial charge is 0.327 e. The van der Waals surface area contributed by atoms with Gasteiger partial charge in [-0.3, -0.25) is 0 Å². The van der Waals surface area contributed by atoms with Gasteiger partial charge in [0, 0.05) is 27.0 Å². The van der Waals surface area contributed by atoms with E-state index >= 15 is 0 Å². The van der Waals surface area contributed by atoms with Crippen LogP contribution >= 0.6 is 43.6 Å². The predicted molar refractivity (Wildman–Crippen MR) is 91.1 cm³/mol. The Bertz CT molecular complexity index is 560. The molecule has 2 N–H and O–H groups in total. The van der Waals surface area contributed by atoms with Crippen molar-refractivity contribution in [2.24, 2.45) is 0 Å². The van der Waals surface area contributed by atoms with Crippen molar-refractivity contribution in [3.8, 4) is 0 Å². The molecule has 1 unspecified atom stereocenters. The number of urea groups is 1. The number of carboxylic acid groups (broad SMARTS) is 1.